The number of benzene rings is 1. The highest BCUT2D eigenvalue weighted by Gasteiger charge is 2.44. The molecular weight excluding hydrogens is 304 g/mol. The second-order valence-electron chi connectivity index (χ2n) is 6.29. The molecule has 1 aliphatic heterocycles. The lowest BCUT2D eigenvalue weighted by Gasteiger charge is -2.19. The van der Waals surface area contributed by atoms with Crippen molar-refractivity contribution in [1.82, 2.24) is 20.2 Å². The molecule has 0 bridgehead atoms. The smallest absolute Gasteiger partial charge is 0.235 e. The van der Waals surface area contributed by atoms with Gasteiger partial charge in [0.15, 0.2) is 0 Å². The second-order valence-corrected chi connectivity index (χ2v) is 6.29. The molecule has 3 rings (SSSR count). The Morgan fingerprint density at radius 1 is 1.38 bits per heavy atom. The molecule has 6 nitrogen and oxygen atoms in total. The number of carbonyl (C=O) groups excluding carboxylic acids is 2. The average molecular weight is 326 g/mol. The SMILES string of the molecule is C[C@]1(C(=O)NCc2nccn2CCc2ccccc2)CCNC1=O. The summed E-state index contributed by atoms with van der Waals surface area (Å²) in [5.74, 6) is 0.351. The van der Waals surface area contributed by atoms with Gasteiger partial charge >= 0.3 is 0 Å². The van der Waals surface area contributed by atoms with Gasteiger partial charge in [0.1, 0.15) is 11.2 Å². The number of amides is 2. The zero-order valence-electron chi connectivity index (χ0n) is 13.8. The van der Waals surface area contributed by atoms with Crippen LogP contribution < -0.4 is 10.6 Å². The lowest BCUT2D eigenvalue weighted by atomic mass is 9.88. The third kappa shape index (κ3) is 3.32. The van der Waals surface area contributed by atoms with Gasteiger partial charge in [-0.1, -0.05) is 30.3 Å². The first-order valence-corrected chi connectivity index (χ1v) is 8.20. The van der Waals surface area contributed by atoms with E-state index < -0.39 is 5.41 Å². The molecule has 126 valence electrons. The number of rotatable bonds is 6. The summed E-state index contributed by atoms with van der Waals surface area (Å²) in [6, 6.07) is 10.2. The predicted molar refractivity (Wildman–Crippen MR) is 90.0 cm³/mol. The number of nitrogens with zero attached hydrogens (tertiary/aromatic N) is 2. The van der Waals surface area contributed by atoms with Gasteiger partial charge in [0.25, 0.3) is 0 Å². The molecule has 1 aromatic heterocycles. The second kappa shape index (κ2) is 6.86. The lowest BCUT2D eigenvalue weighted by molar-refractivity contribution is -0.139. The van der Waals surface area contributed by atoms with Gasteiger partial charge in [-0.25, -0.2) is 4.98 Å². The third-order valence-corrected chi connectivity index (χ3v) is 4.61. The largest absolute Gasteiger partial charge is 0.355 e. The van der Waals surface area contributed by atoms with Crippen molar-refractivity contribution in [1.29, 1.82) is 0 Å². The quantitative estimate of drug-likeness (QED) is 0.785. The molecule has 0 spiro atoms. The van der Waals surface area contributed by atoms with E-state index in [1.165, 1.54) is 5.56 Å². The molecule has 0 saturated carbocycles. The Bertz CT molecular complexity index is 726. The summed E-state index contributed by atoms with van der Waals surface area (Å²) >= 11 is 0. The van der Waals surface area contributed by atoms with Crippen molar-refractivity contribution < 1.29 is 9.59 Å². The fraction of sp³-hybridized carbons (Fsp3) is 0.389. The molecule has 0 aliphatic carbocycles. The van der Waals surface area contributed by atoms with E-state index in [0.29, 0.717) is 19.5 Å². The summed E-state index contributed by atoms with van der Waals surface area (Å²) in [6.07, 6.45) is 5.07. The molecule has 2 heterocycles. The Labute approximate surface area is 141 Å². The van der Waals surface area contributed by atoms with Crippen molar-refractivity contribution in [3.63, 3.8) is 0 Å². The van der Waals surface area contributed by atoms with Gasteiger partial charge in [0.05, 0.1) is 6.54 Å². The van der Waals surface area contributed by atoms with Crippen LogP contribution in [-0.2, 0) is 29.1 Å². The third-order valence-electron chi connectivity index (χ3n) is 4.61. The van der Waals surface area contributed by atoms with Crippen molar-refractivity contribution in [2.45, 2.75) is 32.9 Å². The van der Waals surface area contributed by atoms with E-state index in [2.05, 4.69) is 27.8 Å². The lowest BCUT2D eigenvalue weighted by Crippen LogP contribution is -2.43. The van der Waals surface area contributed by atoms with Gasteiger partial charge in [-0.3, -0.25) is 9.59 Å². The molecule has 2 amide bonds. The standard InChI is InChI=1S/C18H22N4O2/c1-18(8-9-20-16(18)23)17(24)21-13-15-19-10-12-22(15)11-7-14-5-3-2-4-6-14/h2-6,10,12H,7-9,11,13H2,1H3,(H,20,23)(H,21,24)/t18-/m0/s1. The first-order valence-electron chi connectivity index (χ1n) is 8.20. The fourth-order valence-electron chi connectivity index (χ4n) is 2.91. The van der Waals surface area contributed by atoms with Crippen LogP contribution in [0.4, 0.5) is 0 Å². The monoisotopic (exact) mass is 326 g/mol. The van der Waals surface area contributed by atoms with Gasteiger partial charge in [0.2, 0.25) is 11.8 Å². The zero-order valence-corrected chi connectivity index (χ0v) is 13.8. The number of aryl methyl sites for hydroxylation is 2. The number of hydrogen-bond acceptors (Lipinski definition) is 3. The molecule has 0 radical (unpaired) electrons. The molecule has 1 aliphatic rings. The Morgan fingerprint density at radius 3 is 2.88 bits per heavy atom. The maximum absolute atomic E-state index is 12.4. The van der Waals surface area contributed by atoms with Crippen LogP contribution in [-0.4, -0.2) is 27.9 Å². The number of hydrogen-bond donors (Lipinski definition) is 2. The molecular formula is C18H22N4O2. The highest BCUT2D eigenvalue weighted by molar-refractivity contribution is 6.05. The van der Waals surface area contributed by atoms with Crippen LogP contribution in [0.5, 0.6) is 0 Å². The number of imidazole rings is 1. The highest BCUT2D eigenvalue weighted by Crippen LogP contribution is 2.26. The molecule has 2 N–H and O–H groups in total. The number of aromatic nitrogens is 2. The molecule has 1 atom stereocenters. The molecule has 1 aromatic carbocycles. The Hall–Kier alpha value is -2.63. The first-order chi connectivity index (χ1) is 11.6. The predicted octanol–water partition coefficient (Wildman–Crippen LogP) is 1.27. The molecule has 24 heavy (non-hydrogen) atoms. The normalized spacial score (nSPS) is 20.0. The minimum absolute atomic E-state index is 0.201. The molecule has 1 saturated heterocycles. The Morgan fingerprint density at radius 2 is 2.17 bits per heavy atom. The van der Waals surface area contributed by atoms with Gasteiger partial charge in [0, 0.05) is 25.5 Å². The van der Waals surface area contributed by atoms with Crippen LogP contribution in [0.1, 0.15) is 24.7 Å². The van der Waals surface area contributed by atoms with E-state index >= 15 is 0 Å². The van der Waals surface area contributed by atoms with Crippen molar-refractivity contribution >= 4 is 11.8 Å². The molecule has 0 unspecified atom stereocenters. The maximum Gasteiger partial charge on any atom is 0.235 e. The van der Waals surface area contributed by atoms with Crippen molar-refractivity contribution in [2.75, 3.05) is 6.54 Å². The molecule has 1 fully saturated rings. The van der Waals surface area contributed by atoms with Gasteiger partial charge in [-0.05, 0) is 25.3 Å². The van der Waals surface area contributed by atoms with E-state index in [4.69, 9.17) is 0 Å². The van der Waals surface area contributed by atoms with Crippen LogP contribution >= 0.6 is 0 Å². The van der Waals surface area contributed by atoms with E-state index in [1.807, 2.05) is 29.0 Å². The fourth-order valence-corrected chi connectivity index (χ4v) is 2.91. The van der Waals surface area contributed by atoms with E-state index in [0.717, 1.165) is 18.8 Å². The van der Waals surface area contributed by atoms with Crippen molar-refractivity contribution in [2.24, 2.45) is 5.41 Å². The summed E-state index contributed by atoms with van der Waals surface area (Å²) in [7, 11) is 0. The number of carbonyl (C=O) groups is 2. The number of nitrogens with one attached hydrogen (secondary N) is 2. The summed E-state index contributed by atoms with van der Waals surface area (Å²) in [4.78, 5) is 28.5. The molecule has 6 heteroatoms. The minimum Gasteiger partial charge on any atom is -0.355 e. The average Bonchev–Trinajstić information content (AvgIpc) is 3.19. The van der Waals surface area contributed by atoms with Gasteiger partial charge in [-0.2, -0.15) is 0 Å². The van der Waals surface area contributed by atoms with Crippen LogP contribution in [0.3, 0.4) is 0 Å². The van der Waals surface area contributed by atoms with Crippen LogP contribution in [0, 0.1) is 5.41 Å². The summed E-state index contributed by atoms with van der Waals surface area (Å²) < 4.78 is 2.03. The van der Waals surface area contributed by atoms with Crippen LogP contribution in [0.25, 0.3) is 0 Å². The van der Waals surface area contributed by atoms with Crippen molar-refractivity contribution in [3.05, 3.63) is 54.1 Å². The van der Waals surface area contributed by atoms with Gasteiger partial charge in [-0.15, -0.1) is 0 Å². The van der Waals surface area contributed by atoms with Crippen molar-refractivity contribution in [3.8, 4) is 0 Å². The summed E-state index contributed by atoms with van der Waals surface area (Å²) in [6.45, 7) is 3.36. The van der Waals surface area contributed by atoms with Crippen LogP contribution in [0.15, 0.2) is 42.7 Å². The topological polar surface area (TPSA) is 76.0 Å². The van der Waals surface area contributed by atoms with Crippen LogP contribution in [0.2, 0.25) is 0 Å². The van der Waals surface area contributed by atoms with Gasteiger partial charge < -0.3 is 15.2 Å². The Kier molecular flexibility index (Phi) is 4.64. The first kappa shape index (κ1) is 16.2. The minimum atomic E-state index is -0.971. The Balaban J connectivity index is 1.58. The molecule has 2 aromatic rings. The van der Waals surface area contributed by atoms with E-state index in [-0.39, 0.29) is 11.8 Å². The maximum atomic E-state index is 12.4. The highest BCUT2D eigenvalue weighted by atomic mass is 16.2. The summed E-state index contributed by atoms with van der Waals surface area (Å²) in [5, 5.41) is 5.57. The summed E-state index contributed by atoms with van der Waals surface area (Å²) in [5.41, 5.74) is 0.290. The van der Waals surface area contributed by atoms with E-state index in [9.17, 15) is 9.59 Å². The zero-order chi connectivity index (χ0) is 17.0. The van der Waals surface area contributed by atoms with E-state index in [1.54, 1.807) is 13.1 Å².